The van der Waals surface area contributed by atoms with Crippen molar-refractivity contribution in [2.24, 2.45) is 0 Å². The minimum atomic E-state index is -3.63. The summed E-state index contributed by atoms with van der Waals surface area (Å²) in [6, 6.07) is 0. The van der Waals surface area contributed by atoms with E-state index >= 15 is 0 Å². The van der Waals surface area contributed by atoms with Gasteiger partial charge in [-0.3, -0.25) is 0 Å². The van der Waals surface area contributed by atoms with Crippen LogP contribution in [0.15, 0.2) is 0 Å². The number of rotatable bonds is 0. The van der Waals surface area contributed by atoms with E-state index in [2.05, 4.69) is 0 Å². The molecule has 72 valence electrons. The monoisotopic (exact) mass is 228 g/mol. The van der Waals surface area contributed by atoms with Gasteiger partial charge in [-0.15, -0.1) is 0 Å². The Kier molecular flexibility index (Phi) is 17.8. The smallest absolute Gasteiger partial charge is 0.0172 e. The van der Waals surface area contributed by atoms with Crippen LogP contribution in [0.4, 0.5) is 0 Å². The van der Waals surface area contributed by atoms with Gasteiger partial charge in [0.1, 0.15) is 0 Å². The molecule has 12 heteroatoms. The first-order valence-electron chi connectivity index (χ1n) is 1.84. The van der Waals surface area contributed by atoms with Gasteiger partial charge in [-0.2, -0.15) is 0 Å². The third kappa shape index (κ3) is 413. The van der Waals surface area contributed by atoms with Gasteiger partial charge in [-0.05, 0) is 0 Å². The minimum Gasteiger partial charge on any atom is -0.672 e. The SMILES string of the molecule is O=[Si]([O-])[O-].O=[Si]([O-])[O-].O=[Si]([O-])[O-]. The molecule has 0 heterocycles. The van der Waals surface area contributed by atoms with Crippen LogP contribution in [0, 0.1) is 0 Å². The number of hydrogen-bond acceptors (Lipinski definition) is 9. The summed E-state index contributed by atoms with van der Waals surface area (Å²) >= 11 is 0. The van der Waals surface area contributed by atoms with E-state index in [1.54, 1.807) is 0 Å². The fourth-order valence-corrected chi connectivity index (χ4v) is 0. The van der Waals surface area contributed by atoms with Crippen LogP contribution in [-0.2, 0) is 13.4 Å². The van der Waals surface area contributed by atoms with Crippen molar-refractivity contribution in [2.45, 2.75) is 0 Å². The molecule has 0 saturated carbocycles. The maximum Gasteiger partial charge on any atom is 0.0172 e. The van der Waals surface area contributed by atoms with Gasteiger partial charge >= 0.3 is 0 Å². The van der Waals surface area contributed by atoms with Crippen LogP contribution in [0.3, 0.4) is 0 Å². The second-order valence-electron chi connectivity index (χ2n) is 0.750. The van der Waals surface area contributed by atoms with Crippen LogP contribution in [0.25, 0.3) is 0 Å². The lowest BCUT2D eigenvalue weighted by Crippen LogP contribution is -2.34. The molecule has 0 aromatic carbocycles. The summed E-state index contributed by atoms with van der Waals surface area (Å²) in [4.78, 5) is 51.1. The Morgan fingerprint density at radius 2 is 0.500 bits per heavy atom. The van der Waals surface area contributed by atoms with Crippen molar-refractivity contribution in [3.8, 4) is 0 Å². The van der Waals surface area contributed by atoms with Crippen molar-refractivity contribution >= 4 is 27.5 Å². The Labute approximate surface area is 70.5 Å². The summed E-state index contributed by atoms with van der Waals surface area (Å²) in [6.07, 6.45) is 0. The molecule has 0 amide bonds. The summed E-state index contributed by atoms with van der Waals surface area (Å²) in [7, 11) is -10.9. The number of hydrogen-bond donors (Lipinski definition) is 0. The van der Waals surface area contributed by atoms with Gasteiger partial charge in [-0.1, -0.05) is 0 Å². The van der Waals surface area contributed by atoms with E-state index in [1.807, 2.05) is 0 Å². The second-order valence-corrected chi connectivity index (χ2v) is 2.25. The van der Waals surface area contributed by atoms with Gasteiger partial charge in [0.2, 0.25) is 0 Å². The van der Waals surface area contributed by atoms with Gasteiger partial charge in [-0.25, -0.2) is 0 Å². The first kappa shape index (κ1) is 17.1. The van der Waals surface area contributed by atoms with E-state index in [0.717, 1.165) is 0 Å². The van der Waals surface area contributed by atoms with Crippen molar-refractivity contribution in [1.82, 2.24) is 0 Å². The largest absolute Gasteiger partial charge is 0.672 e. The van der Waals surface area contributed by atoms with Crippen molar-refractivity contribution in [2.75, 3.05) is 0 Å². The predicted molar refractivity (Wildman–Crippen MR) is 19.3 cm³/mol. The summed E-state index contributed by atoms with van der Waals surface area (Å²) in [5.74, 6) is 0. The summed E-state index contributed by atoms with van der Waals surface area (Å²) in [5, 5.41) is 0. The molecule has 12 heavy (non-hydrogen) atoms. The normalized spacial score (nSPS) is 6.00. The highest BCUT2D eigenvalue weighted by molar-refractivity contribution is 6.17. The molecule has 0 N–H and O–H groups in total. The minimum absolute atomic E-state index is 3.63. The van der Waals surface area contributed by atoms with Gasteiger partial charge < -0.3 is 42.2 Å². The first-order valence-corrected chi connectivity index (χ1v) is 5.51. The van der Waals surface area contributed by atoms with E-state index in [1.165, 1.54) is 0 Å². The summed E-state index contributed by atoms with van der Waals surface area (Å²) in [6.45, 7) is 0. The molecule has 0 aromatic heterocycles. The highest BCUT2D eigenvalue weighted by Crippen LogP contribution is 0.997. The van der Waals surface area contributed by atoms with Crippen molar-refractivity contribution in [3.63, 3.8) is 0 Å². The van der Waals surface area contributed by atoms with Crippen LogP contribution in [0.2, 0.25) is 0 Å². The Morgan fingerprint density at radius 1 is 0.500 bits per heavy atom. The maximum atomic E-state index is 8.52. The van der Waals surface area contributed by atoms with E-state index in [4.69, 9.17) is 42.2 Å². The molecular formula is O9Si3-6. The Morgan fingerprint density at radius 3 is 0.500 bits per heavy atom. The predicted octanol–water partition coefficient (Wildman–Crippen LogP) is -8.63. The van der Waals surface area contributed by atoms with Gasteiger partial charge in [0, 0.05) is 27.5 Å². The van der Waals surface area contributed by atoms with Crippen LogP contribution >= 0.6 is 0 Å². The van der Waals surface area contributed by atoms with Crippen LogP contribution in [0.5, 0.6) is 0 Å². The van der Waals surface area contributed by atoms with Crippen molar-refractivity contribution in [1.29, 1.82) is 0 Å². The molecule has 0 aliphatic heterocycles. The fourth-order valence-electron chi connectivity index (χ4n) is 0. The van der Waals surface area contributed by atoms with Crippen LogP contribution < -0.4 is 28.8 Å². The first-order chi connectivity index (χ1) is 5.20. The molecule has 9 nitrogen and oxygen atoms in total. The van der Waals surface area contributed by atoms with E-state index in [-0.39, 0.29) is 0 Å². The maximum absolute atomic E-state index is 8.52. The third-order valence-electron chi connectivity index (χ3n) is 0. The molecule has 0 rings (SSSR count). The lowest BCUT2D eigenvalue weighted by Gasteiger charge is -1.95. The Bertz CT molecular complexity index is 107. The highest BCUT2D eigenvalue weighted by atomic mass is 28.3. The van der Waals surface area contributed by atoms with Gasteiger partial charge in [0.05, 0.1) is 0 Å². The molecule has 0 spiro atoms. The highest BCUT2D eigenvalue weighted by Gasteiger charge is 1.30. The molecule has 0 radical (unpaired) electrons. The molecule has 0 aliphatic carbocycles. The zero-order valence-corrected chi connectivity index (χ0v) is 8.17. The molecule has 0 atom stereocenters. The quantitative estimate of drug-likeness (QED) is 0.362. The Hall–Kier alpha value is -1.15. The van der Waals surface area contributed by atoms with Crippen LogP contribution in [-0.4, -0.2) is 27.5 Å². The molecular weight excluding hydrogens is 228 g/mol. The Balaban J connectivity index is -0.000000101. The third-order valence-corrected chi connectivity index (χ3v) is 0. The summed E-state index contributed by atoms with van der Waals surface area (Å²) < 4.78 is 25.6. The standard InChI is InChI=1S/3O3Si/c3*1-4(2)3/q3*-2. The lowest BCUT2D eigenvalue weighted by atomic mass is 15.8. The van der Waals surface area contributed by atoms with E-state index in [9.17, 15) is 0 Å². The topological polar surface area (TPSA) is 190 Å². The zero-order chi connectivity index (χ0) is 10.7. The molecule has 0 aromatic rings. The van der Waals surface area contributed by atoms with Gasteiger partial charge in [0.25, 0.3) is 0 Å². The molecule has 0 bridgehead atoms. The molecule has 0 fully saturated rings. The zero-order valence-electron chi connectivity index (χ0n) is 5.17. The van der Waals surface area contributed by atoms with Crippen molar-refractivity contribution < 1.29 is 42.2 Å². The van der Waals surface area contributed by atoms with Crippen LogP contribution in [0.1, 0.15) is 0 Å². The van der Waals surface area contributed by atoms with E-state index in [0.29, 0.717) is 0 Å². The summed E-state index contributed by atoms with van der Waals surface area (Å²) in [5.41, 5.74) is 0. The lowest BCUT2D eigenvalue weighted by molar-refractivity contribution is -0.356. The average molecular weight is 228 g/mol. The van der Waals surface area contributed by atoms with Crippen molar-refractivity contribution in [3.05, 3.63) is 0 Å². The molecule has 0 unspecified atom stereocenters. The second kappa shape index (κ2) is 12.5. The molecule has 0 aliphatic rings. The molecule has 0 saturated heterocycles. The average Bonchev–Trinajstić information content (AvgIpc) is 1.54. The fraction of sp³-hybridized carbons (Fsp3) is 0. The van der Waals surface area contributed by atoms with E-state index < -0.39 is 27.5 Å². The van der Waals surface area contributed by atoms with Gasteiger partial charge in [0.15, 0.2) is 0 Å².